The largest absolute Gasteiger partial charge is 0.394 e. The molecule has 0 aromatic heterocycles. The number of carbonyl (C=O) groups is 4. The van der Waals surface area contributed by atoms with Gasteiger partial charge in [0.25, 0.3) is 23.6 Å². The first-order valence-electron chi connectivity index (χ1n) is 8.12. The van der Waals surface area contributed by atoms with Gasteiger partial charge in [-0.25, -0.2) is 9.80 Å². The van der Waals surface area contributed by atoms with E-state index < -0.39 is 36.1 Å². The van der Waals surface area contributed by atoms with Gasteiger partial charge in [-0.1, -0.05) is 0 Å². The van der Waals surface area contributed by atoms with Crippen molar-refractivity contribution in [2.24, 2.45) is 0 Å². The van der Waals surface area contributed by atoms with Crippen LogP contribution < -0.4 is 0 Å². The highest BCUT2D eigenvalue weighted by Crippen LogP contribution is 2.11. The highest BCUT2D eigenvalue weighted by molar-refractivity contribution is 6.13. The van der Waals surface area contributed by atoms with Crippen LogP contribution in [0, 0.1) is 0 Å². The molecule has 2 atom stereocenters. The van der Waals surface area contributed by atoms with E-state index in [1.807, 2.05) is 0 Å². The zero-order chi connectivity index (χ0) is 19.8. The Morgan fingerprint density at radius 1 is 0.778 bits per heavy atom. The zero-order valence-corrected chi connectivity index (χ0v) is 14.4. The number of hydrogen-bond donors (Lipinski definition) is 2. The van der Waals surface area contributed by atoms with Crippen molar-refractivity contribution in [3.63, 3.8) is 0 Å². The van der Waals surface area contributed by atoms with Gasteiger partial charge in [0.15, 0.2) is 12.5 Å². The SMILES string of the molecule is O=C1C=CC(=O)N1[C@H](O)COCCOC[C@H](OCCO)N1C(=O)C=CC1=O. The molecule has 2 aliphatic heterocycles. The van der Waals surface area contributed by atoms with Crippen LogP contribution in [-0.2, 0) is 33.4 Å². The number of amides is 4. The molecule has 0 unspecified atom stereocenters. The molecule has 27 heavy (non-hydrogen) atoms. The third-order valence-electron chi connectivity index (χ3n) is 3.57. The van der Waals surface area contributed by atoms with Gasteiger partial charge in [-0.2, -0.15) is 0 Å². The van der Waals surface area contributed by atoms with Gasteiger partial charge in [0.1, 0.15) is 0 Å². The summed E-state index contributed by atoms with van der Waals surface area (Å²) < 4.78 is 15.7. The van der Waals surface area contributed by atoms with Gasteiger partial charge in [0.2, 0.25) is 0 Å². The monoisotopic (exact) mass is 384 g/mol. The van der Waals surface area contributed by atoms with E-state index >= 15 is 0 Å². The van der Waals surface area contributed by atoms with Crippen LogP contribution in [0.1, 0.15) is 0 Å². The van der Waals surface area contributed by atoms with Gasteiger partial charge >= 0.3 is 0 Å². The molecule has 0 fully saturated rings. The van der Waals surface area contributed by atoms with E-state index in [1.165, 1.54) is 0 Å². The summed E-state index contributed by atoms with van der Waals surface area (Å²) >= 11 is 0. The molecule has 4 amide bonds. The summed E-state index contributed by atoms with van der Waals surface area (Å²) in [7, 11) is 0. The number of carbonyl (C=O) groups excluding carboxylic acids is 4. The molecule has 148 valence electrons. The number of ether oxygens (including phenoxy) is 3. The highest BCUT2D eigenvalue weighted by Gasteiger charge is 2.32. The lowest BCUT2D eigenvalue weighted by molar-refractivity contribution is -0.162. The Kier molecular flexibility index (Phi) is 7.76. The first-order valence-corrected chi connectivity index (χ1v) is 8.12. The molecule has 11 heteroatoms. The maximum absolute atomic E-state index is 11.7. The summed E-state index contributed by atoms with van der Waals surface area (Å²) in [4.78, 5) is 47.7. The van der Waals surface area contributed by atoms with Crippen LogP contribution in [0.5, 0.6) is 0 Å². The second kappa shape index (κ2) is 10.0. The lowest BCUT2D eigenvalue weighted by Gasteiger charge is -2.26. The molecule has 0 aliphatic carbocycles. The van der Waals surface area contributed by atoms with Crippen LogP contribution in [0.25, 0.3) is 0 Å². The van der Waals surface area contributed by atoms with Crippen molar-refractivity contribution >= 4 is 23.6 Å². The molecule has 0 aromatic carbocycles. The van der Waals surface area contributed by atoms with Gasteiger partial charge in [0.05, 0.1) is 39.6 Å². The Labute approximate surface area is 154 Å². The van der Waals surface area contributed by atoms with Gasteiger partial charge in [-0.15, -0.1) is 0 Å². The minimum absolute atomic E-state index is 0.0214. The fourth-order valence-electron chi connectivity index (χ4n) is 2.35. The minimum Gasteiger partial charge on any atom is -0.394 e. The number of rotatable bonds is 12. The van der Waals surface area contributed by atoms with E-state index in [4.69, 9.17) is 19.3 Å². The van der Waals surface area contributed by atoms with Crippen LogP contribution in [0.2, 0.25) is 0 Å². The Bertz CT molecular complexity index is 610. The Morgan fingerprint density at radius 2 is 1.26 bits per heavy atom. The molecule has 2 aliphatic rings. The smallest absolute Gasteiger partial charge is 0.255 e. The first-order chi connectivity index (χ1) is 13.0. The van der Waals surface area contributed by atoms with E-state index in [9.17, 15) is 24.3 Å². The van der Waals surface area contributed by atoms with Crippen molar-refractivity contribution in [2.75, 3.05) is 39.6 Å². The van der Waals surface area contributed by atoms with Gasteiger partial charge in [-0.3, -0.25) is 19.2 Å². The molecule has 2 rings (SSSR count). The average Bonchev–Trinajstić information content (AvgIpc) is 3.15. The van der Waals surface area contributed by atoms with E-state index in [2.05, 4.69) is 0 Å². The van der Waals surface area contributed by atoms with Gasteiger partial charge in [-0.05, 0) is 0 Å². The lowest BCUT2D eigenvalue weighted by atomic mass is 10.4. The fraction of sp³-hybridized carbons (Fsp3) is 0.500. The zero-order valence-electron chi connectivity index (χ0n) is 14.4. The number of aliphatic hydroxyl groups is 2. The number of hydrogen-bond acceptors (Lipinski definition) is 9. The molecular formula is C16H20N2O9. The topological polar surface area (TPSA) is 143 Å². The van der Waals surface area contributed by atoms with Crippen molar-refractivity contribution in [3.8, 4) is 0 Å². The van der Waals surface area contributed by atoms with Crippen LogP contribution >= 0.6 is 0 Å². The summed E-state index contributed by atoms with van der Waals surface area (Å²) in [5.74, 6) is -2.33. The molecule has 0 spiro atoms. The minimum atomic E-state index is -1.41. The van der Waals surface area contributed by atoms with E-state index in [0.29, 0.717) is 4.90 Å². The second-order valence-corrected chi connectivity index (χ2v) is 5.44. The standard InChI is InChI=1S/C16H20N2O9/c19-5-6-27-16(18-13(22)3-4-14(18)23)10-26-8-7-25-9-15(24)17-11(20)1-2-12(17)21/h1-4,15-16,19,24H,5-10H2/t15-,16+/m1/s1. The van der Waals surface area contributed by atoms with Crippen molar-refractivity contribution in [1.29, 1.82) is 0 Å². The lowest BCUT2D eigenvalue weighted by Crippen LogP contribution is -2.45. The molecule has 0 saturated heterocycles. The maximum atomic E-state index is 11.7. The Morgan fingerprint density at radius 3 is 1.78 bits per heavy atom. The molecule has 0 radical (unpaired) electrons. The van der Waals surface area contributed by atoms with E-state index in [0.717, 1.165) is 29.2 Å². The maximum Gasteiger partial charge on any atom is 0.255 e. The Balaban J connectivity index is 1.68. The summed E-state index contributed by atoms with van der Waals surface area (Å²) in [5.41, 5.74) is 0. The highest BCUT2D eigenvalue weighted by atomic mass is 16.6. The second-order valence-electron chi connectivity index (χ2n) is 5.44. The predicted molar refractivity (Wildman–Crippen MR) is 86.5 cm³/mol. The van der Waals surface area contributed by atoms with Crippen LogP contribution in [0.4, 0.5) is 0 Å². The fourth-order valence-corrected chi connectivity index (χ4v) is 2.35. The average molecular weight is 384 g/mol. The van der Waals surface area contributed by atoms with Gasteiger partial charge in [0, 0.05) is 24.3 Å². The summed E-state index contributed by atoms with van der Waals surface area (Å²) in [6.07, 6.45) is 1.92. The molecule has 0 bridgehead atoms. The van der Waals surface area contributed by atoms with Crippen LogP contribution in [0.3, 0.4) is 0 Å². The van der Waals surface area contributed by atoms with Crippen molar-refractivity contribution in [2.45, 2.75) is 12.5 Å². The summed E-state index contributed by atoms with van der Waals surface area (Å²) in [6, 6.07) is 0. The van der Waals surface area contributed by atoms with Crippen LogP contribution in [-0.4, -0.2) is 95.7 Å². The molecule has 11 nitrogen and oxygen atoms in total. The third-order valence-corrected chi connectivity index (χ3v) is 3.57. The van der Waals surface area contributed by atoms with E-state index in [-0.39, 0.29) is 39.6 Å². The van der Waals surface area contributed by atoms with Crippen molar-refractivity contribution < 1.29 is 43.6 Å². The van der Waals surface area contributed by atoms with E-state index in [1.54, 1.807) is 0 Å². The first kappa shape index (κ1) is 20.9. The van der Waals surface area contributed by atoms with Gasteiger partial charge < -0.3 is 24.4 Å². The molecular weight excluding hydrogens is 364 g/mol. The quantitative estimate of drug-likeness (QED) is 0.276. The Hall–Kier alpha value is -2.44. The number of aliphatic hydroxyl groups excluding tert-OH is 2. The predicted octanol–water partition coefficient (Wildman–Crippen LogP) is -2.48. The summed E-state index contributed by atoms with van der Waals surface area (Å²) in [6.45, 7) is -0.745. The molecule has 0 aromatic rings. The van der Waals surface area contributed by atoms with Crippen LogP contribution in [0.15, 0.2) is 24.3 Å². The molecule has 2 N–H and O–H groups in total. The normalized spacial score (nSPS) is 18.9. The number of imide groups is 2. The molecule has 0 saturated carbocycles. The third kappa shape index (κ3) is 5.52. The molecule has 2 heterocycles. The van der Waals surface area contributed by atoms with Crippen molar-refractivity contribution in [1.82, 2.24) is 9.80 Å². The number of nitrogens with zero attached hydrogens (tertiary/aromatic N) is 2. The summed E-state index contributed by atoms with van der Waals surface area (Å²) in [5, 5.41) is 18.6. The van der Waals surface area contributed by atoms with Crippen molar-refractivity contribution in [3.05, 3.63) is 24.3 Å².